The minimum atomic E-state index is -0.893. The molecule has 0 aliphatic rings. The Morgan fingerprint density at radius 2 is 1.82 bits per heavy atom. The van der Waals surface area contributed by atoms with Crippen molar-refractivity contribution in [1.82, 2.24) is 4.98 Å². The molecule has 0 atom stereocenters. The van der Waals surface area contributed by atoms with Crippen LogP contribution in [0.1, 0.15) is 21.6 Å². The van der Waals surface area contributed by atoms with Crippen LogP contribution in [0.2, 0.25) is 0 Å². The zero-order valence-corrected chi connectivity index (χ0v) is 9.77. The van der Waals surface area contributed by atoms with Gasteiger partial charge in [-0.2, -0.15) is 0 Å². The molecule has 3 nitrogen and oxygen atoms in total. The fourth-order valence-electron chi connectivity index (χ4n) is 1.76. The number of nitrogens with zero attached hydrogens (tertiary/aromatic N) is 1. The molecule has 0 aliphatic carbocycles. The number of aryl methyl sites for hydroxylation is 2. The van der Waals surface area contributed by atoms with Crippen LogP contribution < -0.4 is 0 Å². The van der Waals surface area contributed by atoms with Gasteiger partial charge in [0.25, 0.3) is 0 Å². The van der Waals surface area contributed by atoms with Crippen molar-refractivity contribution in [3.63, 3.8) is 0 Å². The second-order valence-electron chi connectivity index (χ2n) is 4.02. The standard InChI is InChI=1S/C14H13NO2/c1-9-3-4-11(8-13(9)14(16)17)12-5-6-15-10(2)7-12/h3-8H,1-2H3,(H,16,17). The molecule has 1 aromatic heterocycles. The SMILES string of the molecule is Cc1cc(-c2ccc(C)c(C(=O)O)c2)ccn1. The van der Waals surface area contributed by atoms with Crippen molar-refractivity contribution in [3.8, 4) is 11.1 Å². The minimum Gasteiger partial charge on any atom is -0.478 e. The van der Waals surface area contributed by atoms with Gasteiger partial charge in [-0.05, 0) is 48.7 Å². The zero-order chi connectivity index (χ0) is 12.4. The van der Waals surface area contributed by atoms with E-state index in [0.29, 0.717) is 5.56 Å². The third-order valence-electron chi connectivity index (χ3n) is 2.70. The van der Waals surface area contributed by atoms with Crippen LogP contribution in [0.3, 0.4) is 0 Å². The van der Waals surface area contributed by atoms with Gasteiger partial charge in [-0.1, -0.05) is 12.1 Å². The summed E-state index contributed by atoms with van der Waals surface area (Å²) in [7, 11) is 0. The molecule has 3 heteroatoms. The number of benzene rings is 1. The minimum absolute atomic E-state index is 0.344. The van der Waals surface area contributed by atoms with E-state index in [-0.39, 0.29) is 0 Å². The Balaban J connectivity index is 2.54. The first-order valence-corrected chi connectivity index (χ1v) is 5.35. The van der Waals surface area contributed by atoms with Crippen LogP contribution in [0, 0.1) is 13.8 Å². The Morgan fingerprint density at radius 1 is 1.12 bits per heavy atom. The lowest BCUT2D eigenvalue weighted by atomic mass is 10.00. The lowest BCUT2D eigenvalue weighted by Crippen LogP contribution is -1.99. The summed E-state index contributed by atoms with van der Waals surface area (Å²) in [6.45, 7) is 3.71. The topological polar surface area (TPSA) is 50.2 Å². The number of hydrogen-bond acceptors (Lipinski definition) is 2. The molecular weight excluding hydrogens is 214 g/mol. The van der Waals surface area contributed by atoms with Crippen LogP contribution in [-0.4, -0.2) is 16.1 Å². The Morgan fingerprint density at radius 3 is 2.47 bits per heavy atom. The summed E-state index contributed by atoms with van der Waals surface area (Å²) in [6.07, 6.45) is 1.73. The quantitative estimate of drug-likeness (QED) is 0.857. The van der Waals surface area contributed by atoms with Gasteiger partial charge in [-0.15, -0.1) is 0 Å². The lowest BCUT2D eigenvalue weighted by molar-refractivity contribution is 0.0696. The van der Waals surface area contributed by atoms with Crippen LogP contribution in [0.25, 0.3) is 11.1 Å². The molecule has 17 heavy (non-hydrogen) atoms. The molecule has 2 aromatic rings. The highest BCUT2D eigenvalue weighted by molar-refractivity contribution is 5.91. The van der Waals surface area contributed by atoms with E-state index in [9.17, 15) is 4.79 Å². The Kier molecular flexibility index (Phi) is 2.91. The first kappa shape index (κ1) is 11.3. The van der Waals surface area contributed by atoms with Crippen LogP contribution in [0.5, 0.6) is 0 Å². The van der Waals surface area contributed by atoms with Crippen LogP contribution in [-0.2, 0) is 0 Å². The Bertz CT molecular complexity index is 576. The van der Waals surface area contributed by atoms with E-state index in [2.05, 4.69) is 4.98 Å². The molecule has 0 saturated carbocycles. The van der Waals surface area contributed by atoms with Gasteiger partial charge in [0.2, 0.25) is 0 Å². The van der Waals surface area contributed by atoms with Crippen molar-refractivity contribution >= 4 is 5.97 Å². The molecule has 0 unspecified atom stereocenters. The van der Waals surface area contributed by atoms with E-state index < -0.39 is 5.97 Å². The van der Waals surface area contributed by atoms with Gasteiger partial charge in [0.15, 0.2) is 0 Å². The summed E-state index contributed by atoms with van der Waals surface area (Å²) < 4.78 is 0. The van der Waals surface area contributed by atoms with E-state index in [1.54, 1.807) is 19.2 Å². The van der Waals surface area contributed by atoms with Crippen molar-refractivity contribution < 1.29 is 9.90 Å². The first-order valence-electron chi connectivity index (χ1n) is 5.35. The number of carboxylic acids is 1. The van der Waals surface area contributed by atoms with E-state index in [0.717, 1.165) is 22.4 Å². The van der Waals surface area contributed by atoms with Crippen molar-refractivity contribution in [2.24, 2.45) is 0 Å². The van der Waals surface area contributed by atoms with Crippen molar-refractivity contribution in [2.45, 2.75) is 13.8 Å². The molecule has 0 fully saturated rings. The number of aromatic nitrogens is 1. The number of hydrogen-bond donors (Lipinski definition) is 1. The number of rotatable bonds is 2. The monoisotopic (exact) mass is 227 g/mol. The molecule has 0 radical (unpaired) electrons. The number of carboxylic acid groups (broad SMARTS) is 1. The second-order valence-corrected chi connectivity index (χ2v) is 4.02. The normalized spacial score (nSPS) is 10.2. The van der Waals surface area contributed by atoms with Gasteiger partial charge >= 0.3 is 5.97 Å². The smallest absolute Gasteiger partial charge is 0.335 e. The second kappa shape index (κ2) is 4.37. The maximum Gasteiger partial charge on any atom is 0.335 e. The van der Waals surface area contributed by atoms with Gasteiger partial charge in [0.1, 0.15) is 0 Å². The van der Waals surface area contributed by atoms with Crippen LogP contribution in [0.4, 0.5) is 0 Å². The predicted molar refractivity (Wildman–Crippen MR) is 66.1 cm³/mol. The lowest BCUT2D eigenvalue weighted by Gasteiger charge is -2.06. The summed E-state index contributed by atoms with van der Waals surface area (Å²) in [5.74, 6) is -0.893. The highest BCUT2D eigenvalue weighted by atomic mass is 16.4. The molecule has 0 saturated heterocycles. The van der Waals surface area contributed by atoms with Crippen molar-refractivity contribution in [3.05, 3.63) is 53.3 Å². The van der Waals surface area contributed by atoms with Crippen LogP contribution >= 0.6 is 0 Å². The molecule has 86 valence electrons. The van der Waals surface area contributed by atoms with E-state index in [1.165, 1.54) is 0 Å². The zero-order valence-electron chi connectivity index (χ0n) is 9.77. The summed E-state index contributed by atoms with van der Waals surface area (Å²) >= 11 is 0. The molecule has 0 aliphatic heterocycles. The molecule has 0 amide bonds. The molecule has 1 heterocycles. The van der Waals surface area contributed by atoms with Gasteiger partial charge in [-0.3, -0.25) is 4.98 Å². The molecule has 1 N–H and O–H groups in total. The highest BCUT2D eigenvalue weighted by Crippen LogP contribution is 2.22. The number of aromatic carboxylic acids is 1. The Labute approximate surface area is 99.8 Å². The molecular formula is C14H13NO2. The third kappa shape index (κ3) is 2.33. The van der Waals surface area contributed by atoms with Crippen LogP contribution in [0.15, 0.2) is 36.5 Å². The van der Waals surface area contributed by atoms with Crippen molar-refractivity contribution in [2.75, 3.05) is 0 Å². The van der Waals surface area contributed by atoms with Crippen molar-refractivity contribution in [1.29, 1.82) is 0 Å². The molecule has 0 bridgehead atoms. The van der Waals surface area contributed by atoms with Gasteiger partial charge in [-0.25, -0.2) is 4.79 Å². The average molecular weight is 227 g/mol. The van der Waals surface area contributed by atoms with Gasteiger partial charge in [0, 0.05) is 11.9 Å². The molecule has 2 rings (SSSR count). The fraction of sp³-hybridized carbons (Fsp3) is 0.143. The fourth-order valence-corrected chi connectivity index (χ4v) is 1.76. The number of pyridine rings is 1. The molecule has 0 spiro atoms. The Hall–Kier alpha value is -2.16. The maximum absolute atomic E-state index is 11.1. The summed E-state index contributed by atoms with van der Waals surface area (Å²) in [6, 6.07) is 9.27. The first-order chi connectivity index (χ1) is 8.08. The largest absolute Gasteiger partial charge is 0.478 e. The van der Waals surface area contributed by atoms with E-state index >= 15 is 0 Å². The third-order valence-corrected chi connectivity index (χ3v) is 2.70. The summed E-state index contributed by atoms with van der Waals surface area (Å²) in [5.41, 5.74) is 3.92. The predicted octanol–water partition coefficient (Wildman–Crippen LogP) is 3.06. The maximum atomic E-state index is 11.1. The summed E-state index contributed by atoms with van der Waals surface area (Å²) in [5, 5.41) is 9.08. The van der Waals surface area contributed by atoms with E-state index in [1.807, 2.05) is 31.2 Å². The van der Waals surface area contributed by atoms with Gasteiger partial charge < -0.3 is 5.11 Å². The highest BCUT2D eigenvalue weighted by Gasteiger charge is 2.08. The van der Waals surface area contributed by atoms with E-state index in [4.69, 9.17) is 5.11 Å². The van der Waals surface area contributed by atoms with Gasteiger partial charge in [0.05, 0.1) is 5.56 Å². The number of carbonyl (C=O) groups is 1. The molecule has 1 aromatic carbocycles. The summed E-state index contributed by atoms with van der Waals surface area (Å²) in [4.78, 5) is 15.2. The average Bonchev–Trinajstić information content (AvgIpc) is 2.29.